The van der Waals surface area contributed by atoms with E-state index < -0.39 is 0 Å². The molecule has 1 aromatic heterocycles. The molecule has 4 heteroatoms. The number of carbonyl (C=O) groups is 1. The molecular weight excluding hydrogens is 304 g/mol. The Morgan fingerprint density at radius 1 is 1.58 bits per heavy atom. The fourth-order valence-electron chi connectivity index (χ4n) is 0.652. The van der Waals surface area contributed by atoms with E-state index in [-0.39, 0.29) is 5.78 Å². The molecule has 0 unspecified atom stereocenters. The lowest BCUT2D eigenvalue weighted by Gasteiger charge is -1.87. The van der Waals surface area contributed by atoms with Gasteiger partial charge in [-0.3, -0.25) is 4.79 Å². The Balaban J connectivity index is 2.90. The largest absolute Gasteiger partial charge is 0.295 e. The Labute approximate surface area is 91.7 Å². The third-order valence-electron chi connectivity index (χ3n) is 1.21. The molecule has 0 aliphatic rings. The van der Waals surface area contributed by atoms with Gasteiger partial charge in [-0.2, -0.15) is 0 Å². The molecule has 0 amide bonds. The summed E-state index contributed by atoms with van der Waals surface area (Å²) in [5.74, 6) is 0.0595. The minimum Gasteiger partial charge on any atom is -0.295 e. The first-order valence-electron chi connectivity index (χ1n) is 3.22. The standard InChI is InChI=1S/C8H6Br2OS/c1-5(11)2-3-6-4-12-8(10)7(6)9/h2-4H,1H3/b3-2+. The number of thiophene rings is 1. The molecule has 12 heavy (non-hydrogen) atoms. The number of rotatable bonds is 2. The molecule has 0 saturated carbocycles. The Hall–Kier alpha value is 0.0700. The first-order chi connectivity index (χ1) is 5.61. The van der Waals surface area contributed by atoms with Gasteiger partial charge in [0.15, 0.2) is 5.78 Å². The van der Waals surface area contributed by atoms with Crippen LogP contribution < -0.4 is 0 Å². The van der Waals surface area contributed by atoms with Crippen molar-refractivity contribution in [3.63, 3.8) is 0 Å². The molecule has 0 aliphatic heterocycles. The van der Waals surface area contributed by atoms with Crippen molar-refractivity contribution in [2.75, 3.05) is 0 Å². The van der Waals surface area contributed by atoms with Gasteiger partial charge in [0.2, 0.25) is 0 Å². The summed E-state index contributed by atoms with van der Waals surface area (Å²) in [5, 5.41) is 1.98. The van der Waals surface area contributed by atoms with Crippen molar-refractivity contribution in [3.05, 3.63) is 25.3 Å². The quantitative estimate of drug-likeness (QED) is 0.758. The topological polar surface area (TPSA) is 17.1 Å². The Bertz CT molecular complexity index is 328. The summed E-state index contributed by atoms with van der Waals surface area (Å²) < 4.78 is 2.05. The maximum absolute atomic E-state index is 10.6. The zero-order valence-corrected chi connectivity index (χ0v) is 10.3. The summed E-state index contributed by atoms with van der Waals surface area (Å²) >= 11 is 8.37. The van der Waals surface area contributed by atoms with Crippen molar-refractivity contribution >= 4 is 55.1 Å². The molecule has 0 aliphatic carbocycles. The van der Waals surface area contributed by atoms with Crippen LogP contribution in [0.15, 0.2) is 19.7 Å². The molecular formula is C8H6Br2OS. The first-order valence-corrected chi connectivity index (χ1v) is 5.69. The summed E-state index contributed by atoms with van der Waals surface area (Å²) in [6.07, 6.45) is 3.35. The molecule has 0 bridgehead atoms. The van der Waals surface area contributed by atoms with Gasteiger partial charge in [0.1, 0.15) is 0 Å². The summed E-state index contributed by atoms with van der Waals surface area (Å²) in [6, 6.07) is 0. The number of allylic oxidation sites excluding steroid dienone is 1. The molecule has 1 nitrogen and oxygen atoms in total. The van der Waals surface area contributed by atoms with Crippen molar-refractivity contribution in [2.45, 2.75) is 6.92 Å². The summed E-state index contributed by atoms with van der Waals surface area (Å²) in [6.45, 7) is 1.53. The molecule has 0 aromatic carbocycles. The molecule has 0 radical (unpaired) electrons. The van der Waals surface area contributed by atoms with Gasteiger partial charge in [0.25, 0.3) is 0 Å². The molecule has 0 spiro atoms. The van der Waals surface area contributed by atoms with E-state index in [1.54, 1.807) is 23.5 Å². The SMILES string of the molecule is CC(=O)/C=C/c1csc(Br)c1Br. The van der Waals surface area contributed by atoms with Crippen LogP contribution in [0.4, 0.5) is 0 Å². The Morgan fingerprint density at radius 3 is 2.67 bits per heavy atom. The highest BCUT2D eigenvalue weighted by molar-refractivity contribution is 9.13. The minimum absolute atomic E-state index is 0.0595. The van der Waals surface area contributed by atoms with Gasteiger partial charge >= 0.3 is 0 Å². The second-order valence-electron chi connectivity index (χ2n) is 2.22. The summed E-state index contributed by atoms with van der Waals surface area (Å²) in [4.78, 5) is 10.6. The average Bonchev–Trinajstić information content (AvgIpc) is 2.30. The number of hydrogen-bond acceptors (Lipinski definition) is 2. The van der Waals surface area contributed by atoms with E-state index in [1.807, 2.05) is 5.38 Å². The fraction of sp³-hybridized carbons (Fsp3) is 0.125. The van der Waals surface area contributed by atoms with E-state index in [0.29, 0.717) is 0 Å². The molecule has 0 fully saturated rings. The molecule has 0 saturated heterocycles. The zero-order valence-electron chi connectivity index (χ0n) is 6.30. The van der Waals surface area contributed by atoms with Crippen LogP contribution in [0.3, 0.4) is 0 Å². The van der Waals surface area contributed by atoms with Gasteiger partial charge in [-0.1, -0.05) is 0 Å². The van der Waals surface area contributed by atoms with E-state index in [0.717, 1.165) is 13.8 Å². The van der Waals surface area contributed by atoms with Crippen molar-refractivity contribution in [1.82, 2.24) is 0 Å². The lowest BCUT2D eigenvalue weighted by molar-refractivity contribution is -0.112. The van der Waals surface area contributed by atoms with Gasteiger partial charge in [-0.05, 0) is 50.9 Å². The van der Waals surface area contributed by atoms with Crippen molar-refractivity contribution in [2.24, 2.45) is 0 Å². The van der Waals surface area contributed by atoms with Gasteiger partial charge in [-0.15, -0.1) is 11.3 Å². The van der Waals surface area contributed by atoms with Gasteiger partial charge in [0, 0.05) is 15.4 Å². The van der Waals surface area contributed by atoms with Gasteiger partial charge < -0.3 is 0 Å². The molecule has 1 aromatic rings. The number of ketones is 1. The van der Waals surface area contributed by atoms with Crippen LogP contribution in [-0.2, 0) is 4.79 Å². The van der Waals surface area contributed by atoms with Crippen molar-refractivity contribution in [1.29, 1.82) is 0 Å². The second kappa shape index (κ2) is 4.35. The van der Waals surface area contributed by atoms with Crippen LogP contribution in [0.5, 0.6) is 0 Å². The van der Waals surface area contributed by atoms with Crippen LogP contribution in [0.1, 0.15) is 12.5 Å². The number of hydrogen-bond donors (Lipinski definition) is 0. The maximum Gasteiger partial charge on any atom is 0.152 e. The van der Waals surface area contributed by atoms with Crippen LogP contribution in [0.25, 0.3) is 6.08 Å². The van der Waals surface area contributed by atoms with Crippen LogP contribution in [0, 0.1) is 0 Å². The highest BCUT2D eigenvalue weighted by Gasteiger charge is 2.02. The van der Waals surface area contributed by atoms with Gasteiger partial charge in [-0.25, -0.2) is 0 Å². The molecule has 0 N–H and O–H groups in total. The summed E-state index contributed by atoms with van der Waals surface area (Å²) in [7, 11) is 0. The molecule has 64 valence electrons. The highest BCUT2D eigenvalue weighted by atomic mass is 79.9. The van der Waals surface area contributed by atoms with E-state index in [9.17, 15) is 4.79 Å². The lowest BCUT2D eigenvalue weighted by Crippen LogP contribution is -1.78. The fourth-order valence-corrected chi connectivity index (χ4v) is 2.49. The predicted octanol–water partition coefficient (Wildman–Crippen LogP) is 3.88. The Morgan fingerprint density at radius 2 is 2.25 bits per heavy atom. The van der Waals surface area contributed by atoms with Crippen LogP contribution in [0.2, 0.25) is 0 Å². The highest BCUT2D eigenvalue weighted by Crippen LogP contribution is 2.33. The molecule has 1 heterocycles. The van der Waals surface area contributed by atoms with E-state index >= 15 is 0 Å². The second-order valence-corrected chi connectivity index (χ2v) is 5.21. The summed E-state index contributed by atoms with van der Waals surface area (Å²) in [5.41, 5.74) is 1.03. The normalized spacial score (nSPS) is 10.9. The van der Waals surface area contributed by atoms with Crippen LogP contribution >= 0.6 is 43.2 Å². The monoisotopic (exact) mass is 308 g/mol. The lowest BCUT2D eigenvalue weighted by atomic mass is 10.3. The van der Waals surface area contributed by atoms with Crippen molar-refractivity contribution < 1.29 is 4.79 Å². The predicted molar refractivity (Wildman–Crippen MR) is 59.4 cm³/mol. The molecule has 1 rings (SSSR count). The van der Waals surface area contributed by atoms with Crippen LogP contribution in [-0.4, -0.2) is 5.78 Å². The first kappa shape index (κ1) is 10.2. The molecule has 0 atom stereocenters. The van der Waals surface area contributed by atoms with E-state index in [1.165, 1.54) is 6.92 Å². The maximum atomic E-state index is 10.6. The zero-order chi connectivity index (χ0) is 9.14. The van der Waals surface area contributed by atoms with E-state index in [4.69, 9.17) is 0 Å². The number of halogens is 2. The Kier molecular flexibility index (Phi) is 3.68. The van der Waals surface area contributed by atoms with Crippen molar-refractivity contribution in [3.8, 4) is 0 Å². The third-order valence-corrected chi connectivity index (χ3v) is 4.60. The third kappa shape index (κ3) is 2.54. The smallest absolute Gasteiger partial charge is 0.152 e. The van der Waals surface area contributed by atoms with E-state index in [2.05, 4.69) is 31.9 Å². The minimum atomic E-state index is 0.0595. The van der Waals surface area contributed by atoms with Gasteiger partial charge in [0.05, 0.1) is 3.79 Å². The number of carbonyl (C=O) groups excluding carboxylic acids is 1. The average molecular weight is 310 g/mol.